The predicted octanol–water partition coefficient (Wildman–Crippen LogP) is 2.95. The SMILES string of the molecule is Cc1ccc2c(c1)N(C(=O)Cn1c(-c3ccccc3)nc(C)cc1=O)CCO2. The van der Waals surface area contributed by atoms with Gasteiger partial charge in [0, 0.05) is 17.3 Å². The second kappa shape index (κ2) is 7.31. The Labute approximate surface area is 163 Å². The average Bonchev–Trinajstić information content (AvgIpc) is 2.69. The number of hydrogen-bond donors (Lipinski definition) is 0. The van der Waals surface area contributed by atoms with Gasteiger partial charge >= 0.3 is 0 Å². The van der Waals surface area contributed by atoms with Gasteiger partial charge in [-0.1, -0.05) is 36.4 Å². The first-order chi connectivity index (χ1) is 13.5. The Kier molecular flexibility index (Phi) is 4.69. The first-order valence-electron chi connectivity index (χ1n) is 9.20. The number of nitrogens with zero attached hydrogens (tertiary/aromatic N) is 3. The molecule has 0 fully saturated rings. The van der Waals surface area contributed by atoms with Crippen molar-refractivity contribution < 1.29 is 9.53 Å². The highest BCUT2D eigenvalue weighted by Gasteiger charge is 2.25. The van der Waals surface area contributed by atoms with Crippen molar-refractivity contribution in [3.63, 3.8) is 0 Å². The molecule has 1 amide bonds. The largest absolute Gasteiger partial charge is 0.490 e. The average molecular weight is 375 g/mol. The zero-order chi connectivity index (χ0) is 19.7. The van der Waals surface area contributed by atoms with Crippen LogP contribution in [0.4, 0.5) is 5.69 Å². The van der Waals surface area contributed by atoms with E-state index in [0.717, 1.165) is 16.8 Å². The Balaban J connectivity index is 1.72. The maximum absolute atomic E-state index is 13.1. The van der Waals surface area contributed by atoms with Gasteiger partial charge in [0.1, 0.15) is 24.7 Å². The van der Waals surface area contributed by atoms with Gasteiger partial charge < -0.3 is 9.64 Å². The van der Waals surface area contributed by atoms with Crippen molar-refractivity contribution in [2.24, 2.45) is 0 Å². The number of ether oxygens (including phenoxy) is 1. The molecule has 6 heteroatoms. The molecule has 2 heterocycles. The van der Waals surface area contributed by atoms with Crippen LogP contribution >= 0.6 is 0 Å². The molecule has 0 aliphatic carbocycles. The fourth-order valence-electron chi connectivity index (χ4n) is 3.39. The van der Waals surface area contributed by atoms with E-state index in [1.165, 1.54) is 10.6 Å². The summed E-state index contributed by atoms with van der Waals surface area (Å²) in [7, 11) is 0. The first kappa shape index (κ1) is 18.0. The third-order valence-corrected chi connectivity index (χ3v) is 4.74. The molecule has 1 aliphatic heterocycles. The summed E-state index contributed by atoms with van der Waals surface area (Å²) in [6.45, 7) is 4.54. The summed E-state index contributed by atoms with van der Waals surface area (Å²) in [6, 6.07) is 16.7. The van der Waals surface area contributed by atoms with E-state index in [1.54, 1.807) is 11.8 Å². The van der Waals surface area contributed by atoms with Crippen LogP contribution in [0.2, 0.25) is 0 Å². The molecule has 0 bridgehead atoms. The lowest BCUT2D eigenvalue weighted by Gasteiger charge is -2.30. The first-order valence-corrected chi connectivity index (χ1v) is 9.20. The standard InChI is InChI=1S/C22H21N3O3/c1-15-8-9-19-18(12-15)24(10-11-28-19)21(27)14-25-20(26)13-16(2)23-22(25)17-6-4-3-5-7-17/h3-9,12-13H,10-11,14H2,1-2H3. The van der Waals surface area contributed by atoms with Gasteiger partial charge in [-0.3, -0.25) is 14.2 Å². The molecule has 4 rings (SSSR count). The number of rotatable bonds is 3. The molecule has 6 nitrogen and oxygen atoms in total. The van der Waals surface area contributed by atoms with E-state index in [4.69, 9.17) is 4.74 Å². The molecule has 142 valence electrons. The van der Waals surface area contributed by atoms with Crippen LogP contribution in [0.3, 0.4) is 0 Å². The summed E-state index contributed by atoms with van der Waals surface area (Å²) in [5, 5.41) is 0. The van der Waals surface area contributed by atoms with Gasteiger partial charge in [0.05, 0.1) is 12.2 Å². The Hall–Kier alpha value is -3.41. The van der Waals surface area contributed by atoms with Crippen molar-refractivity contribution in [1.82, 2.24) is 9.55 Å². The molecule has 0 spiro atoms. The number of amides is 1. The molecule has 1 aliphatic rings. The number of carbonyl (C=O) groups is 1. The Morgan fingerprint density at radius 3 is 2.68 bits per heavy atom. The molecule has 0 radical (unpaired) electrons. The van der Waals surface area contributed by atoms with E-state index >= 15 is 0 Å². The quantitative estimate of drug-likeness (QED) is 0.706. The number of anilines is 1. The van der Waals surface area contributed by atoms with Crippen molar-refractivity contribution >= 4 is 11.6 Å². The van der Waals surface area contributed by atoms with Gasteiger partial charge in [0.15, 0.2) is 0 Å². The maximum Gasteiger partial charge on any atom is 0.254 e. The smallest absolute Gasteiger partial charge is 0.254 e. The summed E-state index contributed by atoms with van der Waals surface area (Å²) >= 11 is 0. The third kappa shape index (κ3) is 3.41. The van der Waals surface area contributed by atoms with E-state index in [-0.39, 0.29) is 18.0 Å². The molecule has 0 atom stereocenters. The van der Waals surface area contributed by atoms with Gasteiger partial charge in [-0.25, -0.2) is 4.98 Å². The Morgan fingerprint density at radius 2 is 1.89 bits per heavy atom. The van der Waals surface area contributed by atoms with Gasteiger partial charge in [0.2, 0.25) is 5.91 Å². The number of fused-ring (bicyclic) bond motifs is 1. The summed E-state index contributed by atoms with van der Waals surface area (Å²) in [6.07, 6.45) is 0. The number of aryl methyl sites for hydroxylation is 2. The van der Waals surface area contributed by atoms with Crippen molar-refractivity contribution in [3.05, 3.63) is 76.2 Å². The molecule has 0 saturated heterocycles. The molecular formula is C22H21N3O3. The number of benzene rings is 2. The minimum atomic E-state index is -0.238. The number of carbonyl (C=O) groups excluding carboxylic acids is 1. The third-order valence-electron chi connectivity index (χ3n) is 4.74. The molecule has 2 aromatic carbocycles. The van der Waals surface area contributed by atoms with Crippen LogP contribution in [0, 0.1) is 13.8 Å². The maximum atomic E-state index is 13.1. The molecule has 1 aromatic heterocycles. The second-order valence-corrected chi connectivity index (χ2v) is 6.88. The molecule has 3 aromatic rings. The number of aromatic nitrogens is 2. The van der Waals surface area contributed by atoms with Gasteiger partial charge in [-0.15, -0.1) is 0 Å². The van der Waals surface area contributed by atoms with Crippen LogP contribution in [-0.4, -0.2) is 28.6 Å². The van der Waals surface area contributed by atoms with E-state index in [0.29, 0.717) is 30.4 Å². The topological polar surface area (TPSA) is 64.4 Å². The highest BCUT2D eigenvalue weighted by molar-refractivity contribution is 5.95. The van der Waals surface area contributed by atoms with Crippen LogP contribution < -0.4 is 15.2 Å². The highest BCUT2D eigenvalue weighted by Crippen LogP contribution is 2.32. The lowest BCUT2D eigenvalue weighted by molar-refractivity contribution is -0.119. The van der Waals surface area contributed by atoms with Crippen LogP contribution in [0.15, 0.2) is 59.4 Å². The summed E-state index contributed by atoms with van der Waals surface area (Å²) in [5.41, 5.74) is 2.97. The summed E-state index contributed by atoms with van der Waals surface area (Å²) in [4.78, 5) is 32.0. The van der Waals surface area contributed by atoms with Crippen molar-refractivity contribution in [1.29, 1.82) is 0 Å². The van der Waals surface area contributed by atoms with Crippen LogP contribution in [-0.2, 0) is 11.3 Å². The minimum absolute atomic E-state index is 0.0796. The normalized spacial score (nSPS) is 13.0. The van der Waals surface area contributed by atoms with Crippen LogP contribution in [0.5, 0.6) is 5.75 Å². The zero-order valence-corrected chi connectivity index (χ0v) is 15.9. The minimum Gasteiger partial charge on any atom is -0.490 e. The lowest BCUT2D eigenvalue weighted by atomic mass is 10.1. The molecule has 28 heavy (non-hydrogen) atoms. The molecule has 0 unspecified atom stereocenters. The van der Waals surface area contributed by atoms with E-state index < -0.39 is 0 Å². The molecule has 0 saturated carbocycles. The van der Waals surface area contributed by atoms with Gasteiger partial charge in [-0.2, -0.15) is 0 Å². The van der Waals surface area contributed by atoms with Crippen molar-refractivity contribution in [2.45, 2.75) is 20.4 Å². The van der Waals surface area contributed by atoms with E-state index in [2.05, 4.69) is 4.98 Å². The zero-order valence-electron chi connectivity index (χ0n) is 15.9. The predicted molar refractivity (Wildman–Crippen MR) is 108 cm³/mol. The fourth-order valence-corrected chi connectivity index (χ4v) is 3.39. The van der Waals surface area contributed by atoms with Gasteiger partial charge in [-0.05, 0) is 31.5 Å². The Morgan fingerprint density at radius 1 is 1.11 bits per heavy atom. The van der Waals surface area contributed by atoms with E-state index in [1.807, 2.05) is 55.5 Å². The fraction of sp³-hybridized carbons (Fsp3) is 0.227. The lowest BCUT2D eigenvalue weighted by Crippen LogP contribution is -2.41. The highest BCUT2D eigenvalue weighted by atomic mass is 16.5. The van der Waals surface area contributed by atoms with Crippen LogP contribution in [0.25, 0.3) is 11.4 Å². The van der Waals surface area contributed by atoms with E-state index in [9.17, 15) is 9.59 Å². The molecular weight excluding hydrogens is 354 g/mol. The second-order valence-electron chi connectivity index (χ2n) is 6.88. The monoisotopic (exact) mass is 375 g/mol. The summed E-state index contributed by atoms with van der Waals surface area (Å²) in [5.74, 6) is 1.01. The van der Waals surface area contributed by atoms with Gasteiger partial charge in [0.25, 0.3) is 5.56 Å². The van der Waals surface area contributed by atoms with Crippen molar-refractivity contribution in [2.75, 3.05) is 18.1 Å². The molecule has 0 N–H and O–H groups in total. The summed E-state index contributed by atoms with van der Waals surface area (Å²) < 4.78 is 7.11. The van der Waals surface area contributed by atoms with Crippen LogP contribution in [0.1, 0.15) is 11.3 Å². The Bertz CT molecular complexity index is 1090. The number of hydrogen-bond acceptors (Lipinski definition) is 4. The van der Waals surface area contributed by atoms with Crippen molar-refractivity contribution in [3.8, 4) is 17.1 Å².